The molecule has 1 aromatic heterocycles. The monoisotopic (exact) mass is 361 g/mol. The number of rotatable bonds is 5. The van der Waals surface area contributed by atoms with Gasteiger partial charge in [-0.2, -0.15) is 0 Å². The van der Waals surface area contributed by atoms with Gasteiger partial charge in [0.2, 0.25) is 0 Å². The average molecular weight is 361 g/mol. The number of nitrogens with zero attached hydrogens (tertiary/aromatic N) is 2. The van der Waals surface area contributed by atoms with Crippen molar-refractivity contribution in [3.8, 4) is 11.3 Å². The number of aryl methyl sites for hydroxylation is 3. The lowest BCUT2D eigenvalue weighted by atomic mass is 10.00. The molecule has 0 bridgehead atoms. The summed E-state index contributed by atoms with van der Waals surface area (Å²) in [6.07, 6.45) is 0. The van der Waals surface area contributed by atoms with Crippen molar-refractivity contribution in [2.75, 3.05) is 27.2 Å². The van der Waals surface area contributed by atoms with Gasteiger partial charge in [0.05, 0.1) is 16.8 Å². The number of carbonyl (C=O) groups excluding carboxylic acids is 1. The Morgan fingerprint density at radius 2 is 1.78 bits per heavy atom. The van der Waals surface area contributed by atoms with Gasteiger partial charge in [0.25, 0.3) is 5.91 Å². The number of pyridine rings is 1. The van der Waals surface area contributed by atoms with E-state index in [-0.39, 0.29) is 5.91 Å². The Labute approximate surface area is 161 Å². The van der Waals surface area contributed by atoms with Crippen LogP contribution in [-0.4, -0.2) is 43.0 Å². The zero-order chi connectivity index (χ0) is 19.6. The maximum absolute atomic E-state index is 12.9. The summed E-state index contributed by atoms with van der Waals surface area (Å²) < 4.78 is 0. The van der Waals surface area contributed by atoms with Crippen LogP contribution < -0.4 is 5.32 Å². The minimum Gasteiger partial charge on any atom is -0.351 e. The lowest BCUT2D eigenvalue weighted by Crippen LogP contribution is -2.31. The number of fused-ring (bicyclic) bond motifs is 1. The summed E-state index contributed by atoms with van der Waals surface area (Å²) in [6, 6.07) is 14.3. The van der Waals surface area contributed by atoms with Crippen LogP contribution in [0.1, 0.15) is 27.0 Å². The molecule has 0 spiro atoms. The third-order valence-corrected chi connectivity index (χ3v) is 4.86. The van der Waals surface area contributed by atoms with Gasteiger partial charge in [-0.1, -0.05) is 23.8 Å². The molecule has 4 heteroatoms. The fraction of sp³-hybridized carbons (Fsp3) is 0.304. The van der Waals surface area contributed by atoms with Crippen LogP contribution in [-0.2, 0) is 0 Å². The highest BCUT2D eigenvalue weighted by Gasteiger charge is 2.14. The summed E-state index contributed by atoms with van der Waals surface area (Å²) in [6.45, 7) is 7.64. The van der Waals surface area contributed by atoms with Crippen molar-refractivity contribution in [1.82, 2.24) is 15.2 Å². The number of nitrogens with one attached hydrogen (secondary N) is 1. The van der Waals surface area contributed by atoms with Gasteiger partial charge >= 0.3 is 0 Å². The molecule has 3 aromatic rings. The molecule has 0 aliphatic rings. The van der Waals surface area contributed by atoms with Gasteiger partial charge in [0, 0.05) is 24.0 Å². The van der Waals surface area contributed by atoms with Crippen molar-refractivity contribution < 1.29 is 4.79 Å². The Bertz CT molecular complexity index is 992. The number of benzene rings is 2. The Morgan fingerprint density at radius 1 is 1.00 bits per heavy atom. The average Bonchev–Trinajstić information content (AvgIpc) is 2.62. The predicted octanol–water partition coefficient (Wildman–Crippen LogP) is 4.12. The topological polar surface area (TPSA) is 45.2 Å². The number of hydrogen-bond donors (Lipinski definition) is 1. The quantitative estimate of drug-likeness (QED) is 0.743. The van der Waals surface area contributed by atoms with Crippen LogP contribution in [0.5, 0.6) is 0 Å². The van der Waals surface area contributed by atoms with E-state index in [2.05, 4.69) is 42.3 Å². The summed E-state index contributed by atoms with van der Waals surface area (Å²) in [5, 5.41) is 3.93. The summed E-state index contributed by atoms with van der Waals surface area (Å²) in [7, 11) is 3.99. The summed E-state index contributed by atoms with van der Waals surface area (Å²) in [5.74, 6) is -0.0556. The molecule has 4 nitrogen and oxygen atoms in total. The molecule has 140 valence electrons. The van der Waals surface area contributed by atoms with E-state index in [1.807, 2.05) is 45.3 Å². The zero-order valence-electron chi connectivity index (χ0n) is 16.8. The Balaban J connectivity index is 2.07. The van der Waals surface area contributed by atoms with Gasteiger partial charge in [-0.15, -0.1) is 0 Å². The highest BCUT2D eigenvalue weighted by atomic mass is 16.1. The van der Waals surface area contributed by atoms with Crippen LogP contribution in [0.25, 0.3) is 22.2 Å². The van der Waals surface area contributed by atoms with Crippen molar-refractivity contribution in [2.45, 2.75) is 20.8 Å². The van der Waals surface area contributed by atoms with Crippen LogP contribution in [0, 0.1) is 20.8 Å². The molecule has 0 aliphatic heterocycles. The van der Waals surface area contributed by atoms with E-state index < -0.39 is 0 Å². The highest BCUT2D eigenvalue weighted by molar-refractivity contribution is 6.07. The largest absolute Gasteiger partial charge is 0.351 e. The van der Waals surface area contributed by atoms with Crippen LogP contribution in [0.3, 0.4) is 0 Å². The summed E-state index contributed by atoms with van der Waals surface area (Å²) >= 11 is 0. The van der Waals surface area contributed by atoms with Gasteiger partial charge in [-0.05, 0) is 70.3 Å². The van der Waals surface area contributed by atoms with Crippen LogP contribution in [0.2, 0.25) is 0 Å². The van der Waals surface area contributed by atoms with Crippen molar-refractivity contribution in [1.29, 1.82) is 0 Å². The van der Waals surface area contributed by atoms with Crippen molar-refractivity contribution in [3.63, 3.8) is 0 Å². The molecule has 27 heavy (non-hydrogen) atoms. The van der Waals surface area contributed by atoms with E-state index in [1.165, 1.54) is 11.1 Å². The predicted molar refractivity (Wildman–Crippen MR) is 112 cm³/mol. The Hall–Kier alpha value is -2.72. The van der Waals surface area contributed by atoms with Crippen molar-refractivity contribution in [3.05, 3.63) is 64.7 Å². The summed E-state index contributed by atoms with van der Waals surface area (Å²) in [4.78, 5) is 19.8. The highest BCUT2D eigenvalue weighted by Crippen LogP contribution is 2.27. The maximum Gasteiger partial charge on any atom is 0.252 e. The first-order valence-corrected chi connectivity index (χ1v) is 9.27. The standard InChI is InChI=1S/C23H27N3O/c1-15-6-9-21-19(12-15)20(23(27)24-10-11-26(4)5)14-22(25-21)18-8-7-16(2)17(3)13-18/h6-9,12-14H,10-11H2,1-5H3,(H,24,27). The first kappa shape index (κ1) is 19.1. The lowest BCUT2D eigenvalue weighted by Gasteiger charge is -2.13. The molecular weight excluding hydrogens is 334 g/mol. The fourth-order valence-electron chi connectivity index (χ4n) is 3.06. The molecular formula is C23H27N3O. The van der Waals surface area contributed by atoms with Crippen molar-refractivity contribution in [2.24, 2.45) is 0 Å². The molecule has 0 aliphatic carbocycles. The molecule has 3 rings (SSSR count). The van der Waals surface area contributed by atoms with Gasteiger partial charge in [-0.25, -0.2) is 4.98 Å². The van der Waals surface area contributed by atoms with Crippen LogP contribution in [0.4, 0.5) is 0 Å². The third kappa shape index (κ3) is 4.34. The minimum absolute atomic E-state index is 0.0556. The Morgan fingerprint density at radius 3 is 2.48 bits per heavy atom. The molecule has 1 amide bonds. The second-order valence-electron chi connectivity index (χ2n) is 7.43. The molecule has 1 heterocycles. The van der Waals surface area contributed by atoms with Crippen molar-refractivity contribution >= 4 is 16.8 Å². The molecule has 2 aromatic carbocycles. The van der Waals surface area contributed by atoms with Gasteiger partial charge in [0.1, 0.15) is 0 Å². The lowest BCUT2D eigenvalue weighted by molar-refractivity contribution is 0.0952. The van der Waals surface area contributed by atoms with Crippen LogP contribution >= 0.6 is 0 Å². The van der Waals surface area contributed by atoms with Crippen LogP contribution in [0.15, 0.2) is 42.5 Å². The van der Waals surface area contributed by atoms with E-state index in [9.17, 15) is 4.79 Å². The first-order chi connectivity index (χ1) is 12.8. The number of likely N-dealkylation sites (N-methyl/N-ethyl adjacent to an activating group) is 1. The molecule has 0 atom stereocenters. The second kappa shape index (κ2) is 7.89. The number of hydrogen-bond acceptors (Lipinski definition) is 3. The van der Waals surface area contributed by atoms with E-state index in [0.717, 1.165) is 34.3 Å². The van der Waals surface area contributed by atoms with E-state index >= 15 is 0 Å². The fourth-order valence-corrected chi connectivity index (χ4v) is 3.06. The second-order valence-corrected chi connectivity index (χ2v) is 7.43. The number of aromatic nitrogens is 1. The SMILES string of the molecule is Cc1ccc2nc(-c3ccc(C)c(C)c3)cc(C(=O)NCCN(C)C)c2c1. The molecule has 0 unspecified atom stereocenters. The van der Waals surface area contributed by atoms with Gasteiger partial charge in [0.15, 0.2) is 0 Å². The zero-order valence-corrected chi connectivity index (χ0v) is 16.8. The normalized spacial score (nSPS) is 11.2. The molecule has 0 saturated heterocycles. The van der Waals surface area contributed by atoms with Gasteiger partial charge < -0.3 is 10.2 Å². The van der Waals surface area contributed by atoms with E-state index in [4.69, 9.17) is 4.98 Å². The van der Waals surface area contributed by atoms with Gasteiger partial charge in [-0.3, -0.25) is 4.79 Å². The number of carbonyl (C=O) groups is 1. The third-order valence-electron chi connectivity index (χ3n) is 4.86. The summed E-state index contributed by atoms with van der Waals surface area (Å²) in [5.41, 5.74) is 6.96. The molecule has 1 N–H and O–H groups in total. The first-order valence-electron chi connectivity index (χ1n) is 9.27. The smallest absolute Gasteiger partial charge is 0.252 e. The number of amides is 1. The maximum atomic E-state index is 12.9. The van der Waals surface area contributed by atoms with E-state index in [1.54, 1.807) is 0 Å². The molecule has 0 saturated carbocycles. The Kier molecular flexibility index (Phi) is 5.57. The molecule has 0 radical (unpaired) electrons. The minimum atomic E-state index is -0.0556. The van der Waals surface area contributed by atoms with E-state index in [0.29, 0.717) is 12.1 Å². The molecule has 0 fully saturated rings.